The lowest BCUT2D eigenvalue weighted by atomic mass is 10.0. The predicted octanol–water partition coefficient (Wildman–Crippen LogP) is 3.14. The summed E-state index contributed by atoms with van der Waals surface area (Å²) in [5.74, 6) is -0.629. The Hall–Kier alpha value is -2.69. The van der Waals surface area contributed by atoms with Crippen molar-refractivity contribution in [2.75, 3.05) is 7.11 Å². The van der Waals surface area contributed by atoms with Crippen molar-refractivity contribution < 1.29 is 23.5 Å². The SMILES string of the molecule is COC(=O)C1(Oc2ccc(C(=O)c3cccc(F)c3)cc2)CC1. The highest BCUT2D eigenvalue weighted by Gasteiger charge is 2.54. The lowest BCUT2D eigenvalue weighted by Crippen LogP contribution is -2.30. The van der Waals surface area contributed by atoms with Crippen LogP contribution in [0.15, 0.2) is 48.5 Å². The van der Waals surface area contributed by atoms with Crippen LogP contribution in [-0.2, 0) is 9.53 Å². The molecular weight excluding hydrogens is 299 g/mol. The van der Waals surface area contributed by atoms with Crippen molar-refractivity contribution in [2.24, 2.45) is 0 Å². The summed E-state index contributed by atoms with van der Waals surface area (Å²) in [6.07, 6.45) is 1.23. The van der Waals surface area contributed by atoms with Crippen LogP contribution in [0.2, 0.25) is 0 Å². The van der Waals surface area contributed by atoms with E-state index in [0.29, 0.717) is 24.2 Å². The zero-order valence-corrected chi connectivity index (χ0v) is 12.5. The van der Waals surface area contributed by atoms with Crippen molar-refractivity contribution in [2.45, 2.75) is 18.4 Å². The van der Waals surface area contributed by atoms with Crippen molar-refractivity contribution in [1.29, 1.82) is 0 Å². The monoisotopic (exact) mass is 314 g/mol. The minimum absolute atomic E-state index is 0.273. The Kier molecular flexibility index (Phi) is 3.86. The molecule has 3 rings (SSSR count). The number of hydrogen-bond donors (Lipinski definition) is 0. The van der Waals surface area contributed by atoms with Crippen LogP contribution in [0.25, 0.3) is 0 Å². The second-order valence-corrected chi connectivity index (χ2v) is 5.45. The van der Waals surface area contributed by atoms with Gasteiger partial charge in [0.2, 0.25) is 5.60 Å². The van der Waals surface area contributed by atoms with Gasteiger partial charge in [0, 0.05) is 24.0 Å². The lowest BCUT2D eigenvalue weighted by Gasteiger charge is -2.15. The first kappa shape index (κ1) is 15.2. The fraction of sp³-hybridized carbons (Fsp3) is 0.222. The van der Waals surface area contributed by atoms with Gasteiger partial charge in [0.25, 0.3) is 0 Å². The normalized spacial score (nSPS) is 14.9. The zero-order valence-electron chi connectivity index (χ0n) is 12.5. The lowest BCUT2D eigenvalue weighted by molar-refractivity contribution is -0.151. The first-order valence-electron chi connectivity index (χ1n) is 7.22. The van der Waals surface area contributed by atoms with Gasteiger partial charge in [0.05, 0.1) is 7.11 Å². The number of rotatable bonds is 5. The van der Waals surface area contributed by atoms with E-state index in [1.165, 1.54) is 25.3 Å². The van der Waals surface area contributed by atoms with Crippen molar-refractivity contribution in [1.82, 2.24) is 0 Å². The van der Waals surface area contributed by atoms with E-state index in [9.17, 15) is 14.0 Å². The van der Waals surface area contributed by atoms with Gasteiger partial charge in [0.15, 0.2) is 5.78 Å². The summed E-state index contributed by atoms with van der Waals surface area (Å²) in [6, 6.07) is 12.0. The van der Waals surface area contributed by atoms with Crippen LogP contribution in [0.4, 0.5) is 4.39 Å². The van der Waals surface area contributed by atoms with E-state index in [1.807, 2.05) is 0 Å². The molecule has 1 fully saturated rings. The van der Waals surface area contributed by atoms with Crippen molar-refractivity contribution in [3.05, 3.63) is 65.5 Å². The smallest absolute Gasteiger partial charge is 0.350 e. The molecule has 0 heterocycles. The van der Waals surface area contributed by atoms with Crippen LogP contribution in [0.3, 0.4) is 0 Å². The minimum Gasteiger partial charge on any atom is -0.476 e. The Balaban J connectivity index is 1.75. The molecule has 1 aliphatic rings. The standard InChI is InChI=1S/C18H15FO4/c1-22-17(21)18(9-10-18)23-15-7-5-12(6-8-15)16(20)13-3-2-4-14(19)11-13/h2-8,11H,9-10H2,1H3. The fourth-order valence-corrected chi connectivity index (χ4v) is 2.34. The van der Waals surface area contributed by atoms with Crippen molar-refractivity contribution >= 4 is 11.8 Å². The third-order valence-corrected chi connectivity index (χ3v) is 3.78. The molecule has 0 spiro atoms. The highest BCUT2D eigenvalue weighted by molar-refractivity contribution is 6.09. The Morgan fingerprint density at radius 1 is 1.04 bits per heavy atom. The molecule has 0 amide bonds. The second kappa shape index (κ2) is 5.83. The molecule has 0 unspecified atom stereocenters. The molecule has 2 aromatic carbocycles. The van der Waals surface area contributed by atoms with Gasteiger partial charge >= 0.3 is 5.97 Å². The van der Waals surface area contributed by atoms with Gasteiger partial charge in [-0.25, -0.2) is 9.18 Å². The Morgan fingerprint density at radius 3 is 2.30 bits per heavy atom. The van der Waals surface area contributed by atoms with Crippen LogP contribution in [-0.4, -0.2) is 24.5 Å². The van der Waals surface area contributed by atoms with Crippen LogP contribution in [0, 0.1) is 5.82 Å². The van der Waals surface area contributed by atoms with E-state index < -0.39 is 17.4 Å². The number of halogens is 1. The third kappa shape index (κ3) is 3.08. The van der Waals surface area contributed by atoms with Crippen molar-refractivity contribution in [3.63, 3.8) is 0 Å². The van der Waals surface area contributed by atoms with E-state index in [4.69, 9.17) is 9.47 Å². The number of ether oxygens (including phenoxy) is 2. The molecule has 23 heavy (non-hydrogen) atoms. The van der Waals surface area contributed by atoms with E-state index in [1.54, 1.807) is 30.3 Å². The van der Waals surface area contributed by atoms with E-state index in [0.717, 1.165) is 0 Å². The zero-order chi connectivity index (χ0) is 16.4. The van der Waals surface area contributed by atoms with Crippen molar-refractivity contribution in [3.8, 4) is 5.75 Å². The first-order chi connectivity index (χ1) is 11.0. The van der Waals surface area contributed by atoms with Gasteiger partial charge in [-0.05, 0) is 36.4 Å². The highest BCUT2D eigenvalue weighted by Crippen LogP contribution is 2.41. The fourth-order valence-electron chi connectivity index (χ4n) is 2.34. The molecule has 0 saturated heterocycles. The summed E-state index contributed by atoms with van der Waals surface area (Å²) < 4.78 is 23.6. The van der Waals surface area contributed by atoms with Gasteiger partial charge in [-0.2, -0.15) is 0 Å². The summed E-state index contributed by atoms with van der Waals surface area (Å²) in [5, 5.41) is 0. The van der Waals surface area contributed by atoms with Crippen LogP contribution >= 0.6 is 0 Å². The molecule has 2 aromatic rings. The van der Waals surface area contributed by atoms with Gasteiger partial charge in [-0.3, -0.25) is 4.79 Å². The number of methoxy groups -OCH3 is 1. The molecule has 4 nitrogen and oxygen atoms in total. The molecular formula is C18H15FO4. The third-order valence-electron chi connectivity index (χ3n) is 3.78. The summed E-state index contributed by atoms with van der Waals surface area (Å²) in [7, 11) is 1.33. The van der Waals surface area contributed by atoms with E-state index >= 15 is 0 Å². The number of carbonyl (C=O) groups is 2. The quantitative estimate of drug-likeness (QED) is 0.628. The van der Waals surface area contributed by atoms with Gasteiger partial charge in [-0.1, -0.05) is 12.1 Å². The summed E-state index contributed by atoms with van der Waals surface area (Å²) in [5.41, 5.74) is -0.180. The predicted molar refractivity (Wildman–Crippen MR) is 80.9 cm³/mol. The average molecular weight is 314 g/mol. The summed E-state index contributed by atoms with van der Waals surface area (Å²) >= 11 is 0. The summed E-state index contributed by atoms with van der Waals surface area (Å²) in [4.78, 5) is 23.9. The molecule has 0 atom stereocenters. The van der Waals surface area contributed by atoms with E-state index in [-0.39, 0.29) is 11.3 Å². The maximum atomic E-state index is 13.2. The Morgan fingerprint density at radius 2 is 1.74 bits per heavy atom. The molecule has 1 saturated carbocycles. The van der Waals surface area contributed by atoms with Crippen LogP contribution in [0.5, 0.6) is 5.75 Å². The van der Waals surface area contributed by atoms with Gasteiger partial charge < -0.3 is 9.47 Å². The molecule has 5 heteroatoms. The number of esters is 1. The topological polar surface area (TPSA) is 52.6 Å². The number of hydrogen-bond acceptors (Lipinski definition) is 4. The largest absolute Gasteiger partial charge is 0.476 e. The number of benzene rings is 2. The Labute approximate surface area is 132 Å². The molecule has 0 N–H and O–H groups in total. The van der Waals surface area contributed by atoms with Crippen LogP contribution in [0.1, 0.15) is 28.8 Å². The Bertz CT molecular complexity index is 748. The van der Waals surface area contributed by atoms with Crippen LogP contribution < -0.4 is 4.74 Å². The number of ketones is 1. The minimum atomic E-state index is -0.886. The van der Waals surface area contributed by atoms with E-state index in [2.05, 4.69) is 0 Å². The highest BCUT2D eigenvalue weighted by atomic mass is 19.1. The molecule has 0 bridgehead atoms. The maximum absolute atomic E-state index is 13.2. The van der Waals surface area contributed by atoms with Gasteiger partial charge in [0.1, 0.15) is 11.6 Å². The first-order valence-corrected chi connectivity index (χ1v) is 7.22. The average Bonchev–Trinajstić information content (AvgIpc) is 3.35. The van der Waals surface area contributed by atoms with Gasteiger partial charge in [-0.15, -0.1) is 0 Å². The molecule has 0 radical (unpaired) electrons. The molecule has 0 aromatic heterocycles. The summed E-state index contributed by atoms with van der Waals surface area (Å²) in [6.45, 7) is 0. The maximum Gasteiger partial charge on any atom is 0.350 e. The molecule has 0 aliphatic heterocycles. The number of carbonyl (C=O) groups excluding carboxylic acids is 2. The molecule has 1 aliphatic carbocycles. The molecule has 118 valence electrons. The second-order valence-electron chi connectivity index (χ2n) is 5.45.